The van der Waals surface area contributed by atoms with Gasteiger partial charge in [-0.3, -0.25) is 0 Å². The molecule has 0 saturated carbocycles. The minimum absolute atomic E-state index is 0.927. The molecule has 3 aromatic heterocycles. The molecule has 4 heteroatoms. The van der Waals surface area contributed by atoms with Gasteiger partial charge in [-0.2, -0.15) is 0 Å². The van der Waals surface area contributed by atoms with Crippen LogP contribution in [0.15, 0.2) is 194 Å². The van der Waals surface area contributed by atoms with Gasteiger partial charge in [0.05, 0.1) is 27.8 Å². The van der Waals surface area contributed by atoms with Crippen LogP contribution in [0.4, 0.5) is 11.4 Å². The lowest BCUT2D eigenvalue weighted by atomic mass is 10.0. The van der Waals surface area contributed by atoms with E-state index in [1.54, 1.807) is 0 Å². The van der Waals surface area contributed by atoms with Gasteiger partial charge in [0.2, 0.25) is 0 Å². The van der Waals surface area contributed by atoms with Crippen LogP contribution in [0.1, 0.15) is 24.1 Å². The van der Waals surface area contributed by atoms with E-state index in [2.05, 4.69) is 208 Å². The molecule has 4 nitrogen and oxygen atoms in total. The zero-order chi connectivity index (χ0) is 37.0. The fourth-order valence-electron chi connectivity index (χ4n) is 8.81. The van der Waals surface area contributed by atoms with Crippen LogP contribution in [0.25, 0.3) is 72.7 Å². The van der Waals surface area contributed by atoms with Crippen molar-refractivity contribution >= 4 is 50.3 Å². The average molecular weight is 719 g/mol. The third kappa shape index (κ3) is 5.33. The molecule has 0 unspecified atom stereocenters. The number of allylic oxidation sites excluding steroid dienone is 4. The van der Waals surface area contributed by atoms with Crippen molar-refractivity contribution in [1.29, 1.82) is 0 Å². The standard InChI is InChI=1S/C52H38N4/c1-3-15-39(16-4-1)54(40-19-7-8-20-40)42-29-26-36(27-30-42)37-14-13-21-43(34-37)56-48-24-11-9-22-44(48)46-35-38(28-32-50(46)56)47-31-33-51-52(53-47)45-23-10-12-25-49(45)55(51)41-17-5-2-6-18-41/h1-10,12-19,21-23,25-35H,11,20,24H2. The van der Waals surface area contributed by atoms with E-state index in [-0.39, 0.29) is 0 Å². The van der Waals surface area contributed by atoms with Crippen LogP contribution >= 0.6 is 0 Å². The Balaban J connectivity index is 0.977. The summed E-state index contributed by atoms with van der Waals surface area (Å²) in [6, 6.07) is 59.1. The predicted octanol–water partition coefficient (Wildman–Crippen LogP) is 13.4. The van der Waals surface area contributed by atoms with Crippen LogP contribution in [0.2, 0.25) is 0 Å². The van der Waals surface area contributed by atoms with Crippen molar-refractivity contribution in [2.24, 2.45) is 0 Å². The summed E-state index contributed by atoms with van der Waals surface area (Å²) in [5, 5.41) is 2.42. The first kappa shape index (κ1) is 32.3. The molecule has 0 atom stereocenters. The Labute approximate surface area is 326 Å². The summed E-state index contributed by atoms with van der Waals surface area (Å²) in [6.45, 7) is 0. The van der Waals surface area contributed by atoms with Crippen LogP contribution in [0, 0.1) is 0 Å². The summed E-state index contributed by atoms with van der Waals surface area (Å²) < 4.78 is 4.80. The summed E-state index contributed by atoms with van der Waals surface area (Å²) in [5.74, 6) is 0. The molecule has 0 amide bonds. The SMILES string of the molecule is C1=CCC(N(c2ccccc2)c2ccc(-c3cccc(-n4c5c(c6cc(-c7ccc8c(n7)c7ccccc7n8-c7ccccc7)ccc64)C=CCC5)c3)cc2)=C1. The van der Waals surface area contributed by atoms with Crippen LogP contribution in [-0.2, 0) is 6.42 Å². The van der Waals surface area contributed by atoms with Crippen LogP contribution in [-0.4, -0.2) is 14.1 Å². The average Bonchev–Trinajstić information content (AvgIpc) is 4.00. The lowest BCUT2D eigenvalue weighted by Gasteiger charge is -2.26. The monoisotopic (exact) mass is 718 g/mol. The van der Waals surface area contributed by atoms with Crippen LogP contribution in [0.3, 0.4) is 0 Å². The van der Waals surface area contributed by atoms with Crippen molar-refractivity contribution < 1.29 is 0 Å². The molecule has 266 valence electrons. The predicted molar refractivity (Wildman–Crippen MR) is 234 cm³/mol. The van der Waals surface area contributed by atoms with E-state index >= 15 is 0 Å². The highest BCUT2D eigenvalue weighted by Gasteiger charge is 2.21. The van der Waals surface area contributed by atoms with E-state index in [9.17, 15) is 0 Å². The Morgan fingerprint density at radius 1 is 0.518 bits per heavy atom. The van der Waals surface area contributed by atoms with Gasteiger partial charge in [0, 0.05) is 62.5 Å². The number of benzene rings is 6. The Kier molecular flexibility index (Phi) is 7.66. The Hall–Kier alpha value is -7.17. The number of rotatable bonds is 7. The number of hydrogen-bond donors (Lipinski definition) is 0. The second kappa shape index (κ2) is 13.3. The highest BCUT2D eigenvalue weighted by Crippen LogP contribution is 2.39. The van der Waals surface area contributed by atoms with Crippen molar-refractivity contribution in [2.75, 3.05) is 4.90 Å². The number of para-hydroxylation sites is 3. The number of fused-ring (bicyclic) bond motifs is 6. The molecule has 11 rings (SSSR count). The fraction of sp³-hybridized carbons (Fsp3) is 0.0577. The lowest BCUT2D eigenvalue weighted by molar-refractivity contribution is 0.889. The molecule has 2 aliphatic rings. The Morgan fingerprint density at radius 3 is 2.09 bits per heavy atom. The molecule has 0 spiro atoms. The molecule has 0 radical (unpaired) electrons. The van der Waals surface area contributed by atoms with Gasteiger partial charge in [0.25, 0.3) is 0 Å². The maximum Gasteiger partial charge on any atom is 0.0970 e. The third-order valence-corrected chi connectivity index (χ3v) is 11.4. The Bertz CT molecular complexity index is 3030. The fourth-order valence-corrected chi connectivity index (χ4v) is 8.81. The Morgan fingerprint density at radius 2 is 1.25 bits per heavy atom. The van der Waals surface area contributed by atoms with Crippen LogP contribution in [0.5, 0.6) is 0 Å². The van der Waals surface area contributed by atoms with E-state index in [0.29, 0.717) is 0 Å². The van der Waals surface area contributed by atoms with Gasteiger partial charge in [-0.1, -0.05) is 109 Å². The van der Waals surface area contributed by atoms with Crippen molar-refractivity contribution in [1.82, 2.24) is 14.1 Å². The highest BCUT2D eigenvalue weighted by molar-refractivity contribution is 6.08. The van der Waals surface area contributed by atoms with Gasteiger partial charge in [0.1, 0.15) is 0 Å². The molecule has 0 bridgehead atoms. The largest absolute Gasteiger partial charge is 0.314 e. The van der Waals surface area contributed by atoms with Gasteiger partial charge in [-0.25, -0.2) is 4.98 Å². The summed E-state index contributed by atoms with van der Waals surface area (Å²) in [5.41, 5.74) is 17.6. The first-order valence-electron chi connectivity index (χ1n) is 19.5. The van der Waals surface area contributed by atoms with Gasteiger partial charge in [-0.15, -0.1) is 0 Å². The lowest BCUT2D eigenvalue weighted by Crippen LogP contribution is -2.15. The van der Waals surface area contributed by atoms with Crippen molar-refractivity contribution in [3.05, 3.63) is 205 Å². The normalized spacial score (nSPS) is 13.5. The van der Waals surface area contributed by atoms with E-state index in [4.69, 9.17) is 4.98 Å². The minimum atomic E-state index is 0.927. The maximum atomic E-state index is 5.35. The topological polar surface area (TPSA) is 26.0 Å². The molecule has 0 fully saturated rings. The molecular formula is C52H38N4. The van der Waals surface area contributed by atoms with Gasteiger partial charge < -0.3 is 14.0 Å². The van der Waals surface area contributed by atoms with Gasteiger partial charge >= 0.3 is 0 Å². The minimum Gasteiger partial charge on any atom is -0.314 e. The number of aromatic nitrogens is 3. The van der Waals surface area contributed by atoms with E-state index in [1.807, 2.05) is 0 Å². The number of hydrogen-bond acceptors (Lipinski definition) is 2. The molecule has 56 heavy (non-hydrogen) atoms. The molecule has 6 aromatic carbocycles. The first-order valence-corrected chi connectivity index (χ1v) is 19.5. The van der Waals surface area contributed by atoms with Gasteiger partial charge in [-0.05, 0) is 109 Å². The summed E-state index contributed by atoms with van der Waals surface area (Å²) in [6.07, 6.45) is 14.2. The quantitative estimate of drug-likeness (QED) is 0.164. The van der Waals surface area contributed by atoms with Crippen molar-refractivity contribution in [3.8, 4) is 33.8 Å². The second-order valence-corrected chi connectivity index (χ2v) is 14.7. The van der Waals surface area contributed by atoms with E-state index in [0.717, 1.165) is 63.8 Å². The van der Waals surface area contributed by atoms with Crippen molar-refractivity contribution in [3.63, 3.8) is 0 Å². The summed E-state index contributed by atoms with van der Waals surface area (Å²) >= 11 is 0. The molecule has 0 N–H and O–H groups in total. The summed E-state index contributed by atoms with van der Waals surface area (Å²) in [7, 11) is 0. The van der Waals surface area contributed by atoms with Crippen molar-refractivity contribution in [2.45, 2.75) is 19.3 Å². The van der Waals surface area contributed by atoms with E-state index in [1.165, 1.54) is 50.4 Å². The molecule has 0 saturated heterocycles. The molecule has 0 aliphatic heterocycles. The zero-order valence-electron chi connectivity index (χ0n) is 30.9. The second-order valence-electron chi connectivity index (χ2n) is 14.7. The molecular weight excluding hydrogens is 681 g/mol. The summed E-state index contributed by atoms with van der Waals surface area (Å²) in [4.78, 5) is 7.71. The molecule has 9 aromatic rings. The number of nitrogens with zero attached hydrogens (tertiary/aromatic N) is 4. The number of anilines is 2. The number of pyridine rings is 1. The highest BCUT2D eigenvalue weighted by atomic mass is 15.1. The zero-order valence-corrected chi connectivity index (χ0v) is 30.9. The van der Waals surface area contributed by atoms with Crippen LogP contribution < -0.4 is 4.90 Å². The third-order valence-electron chi connectivity index (χ3n) is 11.4. The van der Waals surface area contributed by atoms with E-state index < -0.39 is 0 Å². The molecule has 3 heterocycles. The smallest absolute Gasteiger partial charge is 0.0970 e. The maximum absolute atomic E-state index is 5.35. The first-order chi connectivity index (χ1) is 27.8. The van der Waals surface area contributed by atoms with Gasteiger partial charge in [0.15, 0.2) is 0 Å². The molecule has 2 aliphatic carbocycles.